The van der Waals surface area contributed by atoms with Crippen molar-refractivity contribution in [3.05, 3.63) is 46.5 Å². The van der Waals surface area contributed by atoms with Crippen molar-refractivity contribution < 1.29 is 4.74 Å². The number of nitrogens with one attached hydrogen (secondary N) is 1. The number of hydrogen-bond acceptors (Lipinski definition) is 5. The molecule has 3 rings (SSSR count). The average Bonchev–Trinajstić information content (AvgIpc) is 2.95. The van der Waals surface area contributed by atoms with Gasteiger partial charge in [-0.25, -0.2) is 0 Å². The number of hydrogen-bond donors (Lipinski definition) is 1. The lowest BCUT2D eigenvalue weighted by Crippen LogP contribution is -2.10. The summed E-state index contributed by atoms with van der Waals surface area (Å²) in [7, 11) is 0. The molecule has 0 aliphatic carbocycles. The van der Waals surface area contributed by atoms with Crippen molar-refractivity contribution in [2.75, 3.05) is 6.61 Å². The molecule has 0 aliphatic heterocycles. The third-order valence-electron chi connectivity index (χ3n) is 2.96. The van der Waals surface area contributed by atoms with E-state index in [-0.39, 0.29) is 5.43 Å². The highest BCUT2D eigenvalue weighted by atomic mass is 16.5. The Morgan fingerprint density at radius 2 is 2.25 bits per heavy atom. The molecule has 2 aromatic heterocycles. The van der Waals surface area contributed by atoms with E-state index in [1.807, 2.05) is 17.6 Å². The van der Waals surface area contributed by atoms with Gasteiger partial charge in [-0.2, -0.15) is 5.21 Å². The number of nitrogens with zero attached hydrogens (tertiary/aromatic N) is 4. The van der Waals surface area contributed by atoms with Gasteiger partial charge in [0.2, 0.25) is 0 Å². The first-order valence-electron chi connectivity index (χ1n) is 6.26. The zero-order valence-electron chi connectivity index (χ0n) is 10.9. The molecule has 0 fully saturated rings. The minimum Gasteiger partial charge on any atom is -0.494 e. The van der Waals surface area contributed by atoms with Gasteiger partial charge < -0.3 is 9.30 Å². The maximum Gasteiger partial charge on any atom is 0.194 e. The van der Waals surface area contributed by atoms with Crippen LogP contribution in [0.3, 0.4) is 0 Å². The van der Waals surface area contributed by atoms with Gasteiger partial charge in [-0.3, -0.25) is 4.79 Å². The van der Waals surface area contributed by atoms with E-state index in [1.54, 1.807) is 18.3 Å². The van der Waals surface area contributed by atoms with Crippen molar-refractivity contribution >= 4 is 10.9 Å². The summed E-state index contributed by atoms with van der Waals surface area (Å²) in [6, 6.07) is 6.95. The summed E-state index contributed by atoms with van der Waals surface area (Å²) in [4.78, 5) is 11.9. The van der Waals surface area contributed by atoms with Crippen LogP contribution in [0.25, 0.3) is 10.9 Å². The molecule has 7 heteroatoms. The molecule has 0 atom stereocenters. The molecule has 102 valence electrons. The predicted molar refractivity (Wildman–Crippen MR) is 72.7 cm³/mol. The first-order chi connectivity index (χ1) is 9.78. The lowest BCUT2D eigenvalue weighted by atomic mass is 10.2. The Kier molecular flexibility index (Phi) is 3.16. The third-order valence-corrected chi connectivity index (χ3v) is 2.96. The van der Waals surface area contributed by atoms with E-state index in [2.05, 4.69) is 20.6 Å². The highest BCUT2D eigenvalue weighted by molar-refractivity contribution is 5.80. The van der Waals surface area contributed by atoms with Crippen LogP contribution in [0.5, 0.6) is 5.75 Å². The average molecular weight is 271 g/mol. The van der Waals surface area contributed by atoms with Crippen molar-refractivity contribution in [3.63, 3.8) is 0 Å². The molecule has 0 saturated heterocycles. The Morgan fingerprint density at radius 1 is 1.35 bits per heavy atom. The van der Waals surface area contributed by atoms with E-state index in [1.165, 1.54) is 6.07 Å². The third kappa shape index (κ3) is 2.25. The molecule has 1 aromatic carbocycles. The van der Waals surface area contributed by atoms with Gasteiger partial charge >= 0.3 is 0 Å². The number of tetrazole rings is 1. The van der Waals surface area contributed by atoms with Gasteiger partial charge in [-0.1, -0.05) is 5.21 Å². The minimum atomic E-state index is -0.0209. The summed E-state index contributed by atoms with van der Waals surface area (Å²) in [5.41, 5.74) is 0.765. The van der Waals surface area contributed by atoms with Crippen LogP contribution in [-0.2, 0) is 6.54 Å². The van der Waals surface area contributed by atoms with Crippen LogP contribution >= 0.6 is 0 Å². The van der Waals surface area contributed by atoms with Gasteiger partial charge in [0.15, 0.2) is 11.3 Å². The molecule has 3 aromatic rings. The van der Waals surface area contributed by atoms with Crippen molar-refractivity contribution in [1.82, 2.24) is 25.2 Å². The SMILES string of the molecule is CCOc1ccc2c(=O)ccn(Cc3nn[nH]n3)c2c1. The second kappa shape index (κ2) is 5.12. The minimum absolute atomic E-state index is 0.0209. The van der Waals surface area contributed by atoms with E-state index in [4.69, 9.17) is 4.74 Å². The maximum absolute atomic E-state index is 11.9. The van der Waals surface area contributed by atoms with Crippen LogP contribution in [0.1, 0.15) is 12.7 Å². The molecule has 0 bridgehead atoms. The summed E-state index contributed by atoms with van der Waals surface area (Å²) in [5.74, 6) is 1.28. The van der Waals surface area contributed by atoms with Crippen LogP contribution < -0.4 is 10.2 Å². The summed E-state index contributed by atoms with van der Waals surface area (Å²) in [6.45, 7) is 2.93. The number of fused-ring (bicyclic) bond motifs is 1. The van der Waals surface area contributed by atoms with Crippen molar-refractivity contribution in [2.24, 2.45) is 0 Å². The number of ether oxygens (including phenoxy) is 1. The fourth-order valence-corrected chi connectivity index (χ4v) is 2.08. The highest BCUT2D eigenvalue weighted by Gasteiger charge is 2.07. The standard InChI is InChI=1S/C13H13N5O2/c1-2-20-9-3-4-10-11(7-9)18(6-5-12(10)19)8-13-14-16-17-15-13/h3-7H,2,8H2,1H3,(H,14,15,16,17). The summed E-state index contributed by atoms with van der Waals surface area (Å²) in [6.07, 6.45) is 1.72. The van der Waals surface area contributed by atoms with Crippen LogP contribution in [0.4, 0.5) is 0 Å². The van der Waals surface area contributed by atoms with Gasteiger partial charge in [-0.15, -0.1) is 10.2 Å². The van der Waals surface area contributed by atoms with Gasteiger partial charge in [0.25, 0.3) is 0 Å². The number of H-pyrrole nitrogens is 1. The second-order valence-electron chi connectivity index (χ2n) is 4.25. The van der Waals surface area contributed by atoms with E-state index >= 15 is 0 Å². The summed E-state index contributed by atoms with van der Waals surface area (Å²) < 4.78 is 7.37. The van der Waals surface area contributed by atoms with Crippen molar-refractivity contribution in [3.8, 4) is 5.75 Å². The normalized spacial score (nSPS) is 10.8. The van der Waals surface area contributed by atoms with Crippen molar-refractivity contribution in [1.29, 1.82) is 0 Å². The number of rotatable bonds is 4. The molecule has 0 saturated carbocycles. The molecule has 0 aliphatic rings. The Hall–Kier alpha value is -2.70. The molecule has 0 amide bonds. The van der Waals surface area contributed by atoms with Gasteiger partial charge in [0.1, 0.15) is 5.75 Å². The fraction of sp³-hybridized carbons (Fsp3) is 0.231. The number of aromatic nitrogens is 5. The number of aromatic amines is 1. The first-order valence-corrected chi connectivity index (χ1v) is 6.26. The second-order valence-corrected chi connectivity index (χ2v) is 4.25. The van der Waals surface area contributed by atoms with E-state index in [9.17, 15) is 4.79 Å². The fourth-order valence-electron chi connectivity index (χ4n) is 2.08. The summed E-state index contributed by atoms with van der Waals surface area (Å²) in [5, 5.41) is 14.4. The zero-order chi connectivity index (χ0) is 13.9. The Balaban J connectivity index is 2.13. The van der Waals surface area contributed by atoms with E-state index < -0.39 is 0 Å². The lowest BCUT2D eigenvalue weighted by Gasteiger charge is -2.10. The smallest absolute Gasteiger partial charge is 0.194 e. The Bertz CT molecular complexity index is 779. The predicted octanol–water partition coefficient (Wildman–Crippen LogP) is 0.962. The molecule has 20 heavy (non-hydrogen) atoms. The first kappa shape index (κ1) is 12.3. The van der Waals surface area contributed by atoms with Gasteiger partial charge in [0, 0.05) is 23.7 Å². The summed E-state index contributed by atoms with van der Waals surface area (Å²) >= 11 is 0. The number of benzene rings is 1. The molecule has 0 spiro atoms. The van der Waals surface area contributed by atoms with E-state index in [0.29, 0.717) is 24.4 Å². The highest BCUT2D eigenvalue weighted by Crippen LogP contribution is 2.19. The van der Waals surface area contributed by atoms with Crippen LogP contribution in [0.2, 0.25) is 0 Å². The van der Waals surface area contributed by atoms with Gasteiger partial charge in [-0.05, 0) is 19.1 Å². The van der Waals surface area contributed by atoms with Gasteiger partial charge in [0.05, 0.1) is 18.7 Å². The molecule has 0 unspecified atom stereocenters. The molecule has 1 N–H and O–H groups in total. The van der Waals surface area contributed by atoms with Crippen LogP contribution in [0, 0.1) is 0 Å². The Morgan fingerprint density at radius 3 is 3.00 bits per heavy atom. The molecule has 2 heterocycles. The molecular weight excluding hydrogens is 258 g/mol. The molecule has 0 radical (unpaired) electrons. The largest absolute Gasteiger partial charge is 0.494 e. The van der Waals surface area contributed by atoms with Crippen molar-refractivity contribution in [2.45, 2.75) is 13.5 Å². The topological polar surface area (TPSA) is 85.7 Å². The monoisotopic (exact) mass is 271 g/mol. The zero-order valence-corrected chi connectivity index (χ0v) is 10.9. The van der Waals surface area contributed by atoms with E-state index in [0.717, 1.165) is 11.3 Å². The maximum atomic E-state index is 11.9. The Labute approximate surface area is 114 Å². The van der Waals surface area contributed by atoms with Crippen LogP contribution in [-0.4, -0.2) is 31.8 Å². The lowest BCUT2D eigenvalue weighted by molar-refractivity contribution is 0.340. The molecule has 7 nitrogen and oxygen atoms in total. The number of pyridine rings is 1. The quantitative estimate of drug-likeness (QED) is 0.764. The molecular formula is C13H13N5O2. The van der Waals surface area contributed by atoms with Crippen LogP contribution in [0.15, 0.2) is 35.3 Å².